The van der Waals surface area contributed by atoms with E-state index in [0.29, 0.717) is 11.1 Å². The van der Waals surface area contributed by atoms with Gasteiger partial charge in [0.25, 0.3) is 5.91 Å². The second-order valence-corrected chi connectivity index (χ2v) is 9.14. The molecule has 3 N–H and O–H groups in total. The Morgan fingerprint density at radius 2 is 1.71 bits per heavy atom. The minimum absolute atomic E-state index is 0.0298. The first-order chi connectivity index (χ1) is 18.2. The number of aromatic nitrogens is 2. The zero-order chi connectivity index (χ0) is 27.3. The van der Waals surface area contributed by atoms with Crippen LogP contribution in [0.2, 0.25) is 0 Å². The number of nitrogens with one attached hydrogen (secondary N) is 1. The van der Waals surface area contributed by atoms with Crippen molar-refractivity contribution >= 4 is 11.9 Å². The fourth-order valence-corrected chi connectivity index (χ4v) is 4.09. The third-order valence-corrected chi connectivity index (χ3v) is 6.13. The number of benzene rings is 3. The third-order valence-electron chi connectivity index (χ3n) is 6.13. The Bertz CT molecular complexity index is 1440. The van der Waals surface area contributed by atoms with Crippen LogP contribution in [0.25, 0.3) is 5.69 Å². The summed E-state index contributed by atoms with van der Waals surface area (Å²) in [4.78, 5) is 24.8. The maximum atomic E-state index is 14.7. The molecule has 2 atom stereocenters. The number of carboxylic acid groups (broad SMARTS) is 1. The van der Waals surface area contributed by atoms with Crippen LogP contribution in [-0.2, 0) is 10.4 Å². The van der Waals surface area contributed by atoms with Gasteiger partial charge in [0.15, 0.2) is 5.69 Å². The van der Waals surface area contributed by atoms with Gasteiger partial charge in [0.05, 0.1) is 12.5 Å². The number of hydrogen-bond donors (Lipinski definition) is 3. The molecule has 8 nitrogen and oxygen atoms in total. The highest BCUT2D eigenvalue weighted by atomic mass is 19.1. The predicted octanol–water partition coefficient (Wildman–Crippen LogP) is 4.55. The number of rotatable bonds is 10. The van der Waals surface area contributed by atoms with Crippen LogP contribution in [-0.4, -0.2) is 38.5 Å². The second-order valence-electron chi connectivity index (χ2n) is 9.14. The third kappa shape index (κ3) is 6.07. The largest absolute Gasteiger partial charge is 0.481 e. The molecule has 0 aliphatic rings. The molecular formula is C29H28FN3O5. The maximum absolute atomic E-state index is 14.7. The Morgan fingerprint density at radius 1 is 1.05 bits per heavy atom. The van der Waals surface area contributed by atoms with Gasteiger partial charge >= 0.3 is 5.97 Å². The van der Waals surface area contributed by atoms with E-state index in [1.165, 1.54) is 24.3 Å². The van der Waals surface area contributed by atoms with Crippen molar-refractivity contribution in [3.63, 3.8) is 0 Å². The van der Waals surface area contributed by atoms with E-state index in [1.54, 1.807) is 49.4 Å². The number of hydrogen-bond acceptors (Lipinski definition) is 5. The van der Waals surface area contributed by atoms with E-state index in [2.05, 4.69) is 10.4 Å². The lowest BCUT2D eigenvalue weighted by atomic mass is 9.97. The van der Waals surface area contributed by atoms with Gasteiger partial charge in [-0.05, 0) is 42.7 Å². The summed E-state index contributed by atoms with van der Waals surface area (Å²) in [6.45, 7) is 3.20. The lowest BCUT2D eigenvalue weighted by Gasteiger charge is -2.24. The standard InChI is InChI=1S/C29H28FN3O5/c1-19-10-6-7-13-21(19)23(17-27(34)35)31-28(36)24-16-26(33(32-24)25-15-9-8-14-22(25)30)38-18-29(2,37)20-11-4-3-5-12-20/h3-16,23,37H,17-18H2,1-2H3,(H,31,36)(H,34,35). The highest BCUT2D eigenvalue weighted by Gasteiger charge is 2.27. The molecule has 9 heteroatoms. The molecule has 196 valence electrons. The zero-order valence-electron chi connectivity index (χ0n) is 21.0. The molecule has 0 spiro atoms. The molecule has 0 fully saturated rings. The number of carbonyl (C=O) groups is 2. The van der Waals surface area contributed by atoms with Crippen molar-refractivity contribution in [2.24, 2.45) is 0 Å². The molecule has 4 aromatic rings. The number of halogens is 1. The summed E-state index contributed by atoms with van der Waals surface area (Å²) in [7, 11) is 0. The number of para-hydroxylation sites is 1. The van der Waals surface area contributed by atoms with E-state index in [9.17, 15) is 24.2 Å². The van der Waals surface area contributed by atoms with Gasteiger partial charge in [-0.2, -0.15) is 9.78 Å². The molecular weight excluding hydrogens is 489 g/mol. The predicted molar refractivity (Wildman–Crippen MR) is 139 cm³/mol. The summed E-state index contributed by atoms with van der Waals surface area (Å²) < 4.78 is 21.7. The molecule has 1 amide bonds. The zero-order valence-corrected chi connectivity index (χ0v) is 21.0. The van der Waals surface area contributed by atoms with Gasteiger partial charge in [-0.15, -0.1) is 0 Å². The number of ether oxygens (including phenoxy) is 1. The molecule has 0 aliphatic heterocycles. The normalized spacial score (nSPS) is 13.4. The number of carboxylic acids is 1. The number of aryl methyl sites for hydroxylation is 1. The SMILES string of the molecule is Cc1ccccc1C(CC(=O)O)NC(=O)c1cc(OCC(C)(O)c2ccccc2)n(-c2ccccc2F)n1. The van der Waals surface area contributed by atoms with E-state index >= 15 is 0 Å². The van der Waals surface area contributed by atoms with Crippen molar-refractivity contribution in [2.75, 3.05) is 6.61 Å². The first kappa shape index (κ1) is 26.6. The van der Waals surface area contributed by atoms with Crippen molar-refractivity contribution in [3.8, 4) is 11.6 Å². The van der Waals surface area contributed by atoms with Gasteiger partial charge in [0.2, 0.25) is 5.88 Å². The van der Waals surface area contributed by atoms with Crippen LogP contribution in [0, 0.1) is 12.7 Å². The minimum Gasteiger partial charge on any atom is -0.481 e. The summed E-state index contributed by atoms with van der Waals surface area (Å²) in [5.74, 6) is -2.30. The summed E-state index contributed by atoms with van der Waals surface area (Å²) in [6, 6.07) is 22.5. The van der Waals surface area contributed by atoms with Crippen LogP contribution in [0.1, 0.15) is 46.6 Å². The van der Waals surface area contributed by atoms with Crippen LogP contribution < -0.4 is 10.1 Å². The molecule has 2 unspecified atom stereocenters. The topological polar surface area (TPSA) is 114 Å². The highest BCUT2D eigenvalue weighted by molar-refractivity contribution is 5.93. The van der Waals surface area contributed by atoms with E-state index in [0.717, 1.165) is 10.2 Å². The quantitative estimate of drug-likeness (QED) is 0.284. The first-order valence-electron chi connectivity index (χ1n) is 12.0. The van der Waals surface area contributed by atoms with Gasteiger partial charge in [-0.25, -0.2) is 4.39 Å². The average molecular weight is 518 g/mol. The van der Waals surface area contributed by atoms with Crippen molar-refractivity contribution in [2.45, 2.75) is 31.9 Å². The number of nitrogens with zero attached hydrogens (tertiary/aromatic N) is 2. The monoisotopic (exact) mass is 517 g/mol. The average Bonchev–Trinajstić information content (AvgIpc) is 3.32. The molecule has 1 aromatic heterocycles. The van der Waals surface area contributed by atoms with Crippen LogP contribution in [0.5, 0.6) is 5.88 Å². The van der Waals surface area contributed by atoms with Gasteiger partial charge in [-0.3, -0.25) is 9.59 Å². The van der Waals surface area contributed by atoms with E-state index in [4.69, 9.17) is 4.74 Å². The van der Waals surface area contributed by atoms with Crippen molar-refractivity contribution in [3.05, 3.63) is 113 Å². The van der Waals surface area contributed by atoms with Crippen molar-refractivity contribution < 1.29 is 28.9 Å². The van der Waals surface area contributed by atoms with Crippen LogP contribution in [0.3, 0.4) is 0 Å². The van der Waals surface area contributed by atoms with Gasteiger partial charge in [-0.1, -0.05) is 66.7 Å². The lowest BCUT2D eigenvalue weighted by Crippen LogP contribution is -2.31. The smallest absolute Gasteiger partial charge is 0.305 e. The fraction of sp³-hybridized carbons (Fsp3) is 0.207. The molecule has 1 heterocycles. The van der Waals surface area contributed by atoms with Crippen molar-refractivity contribution in [1.29, 1.82) is 0 Å². The molecule has 0 bridgehead atoms. The van der Waals surface area contributed by atoms with Gasteiger partial charge in [0, 0.05) is 6.07 Å². The Labute approximate surface area is 219 Å². The fourth-order valence-electron chi connectivity index (χ4n) is 4.09. The number of aliphatic carboxylic acids is 1. The van der Waals surface area contributed by atoms with Crippen molar-refractivity contribution in [1.82, 2.24) is 15.1 Å². The summed E-state index contributed by atoms with van der Waals surface area (Å²) in [5.41, 5.74) is 0.652. The first-order valence-corrected chi connectivity index (χ1v) is 12.0. The molecule has 0 saturated carbocycles. The van der Waals surface area contributed by atoms with Gasteiger partial charge < -0.3 is 20.3 Å². The van der Waals surface area contributed by atoms with Crippen LogP contribution in [0.4, 0.5) is 4.39 Å². The Balaban J connectivity index is 1.65. The number of aliphatic hydroxyl groups is 1. The van der Waals surface area contributed by atoms with E-state index < -0.39 is 29.3 Å². The molecule has 3 aromatic carbocycles. The van der Waals surface area contributed by atoms with Gasteiger partial charge in [0.1, 0.15) is 23.7 Å². The van der Waals surface area contributed by atoms with Crippen LogP contribution in [0.15, 0.2) is 84.9 Å². The molecule has 4 rings (SSSR count). The second kappa shape index (κ2) is 11.3. The maximum Gasteiger partial charge on any atom is 0.305 e. The van der Waals surface area contributed by atoms with E-state index in [-0.39, 0.29) is 30.3 Å². The number of amides is 1. The lowest BCUT2D eigenvalue weighted by molar-refractivity contribution is -0.137. The Kier molecular flexibility index (Phi) is 7.87. The van der Waals surface area contributed by atoms with E-state index in [1.807, 2.05) is 25.1 Å². The Morgan fingerprint density at radius 3 is 2.39 bits per heavy atom. The van der Waals surface area contributed by atoms with Crippen LogP contribution >= 0.6 is 0 Å². The number of carbonyl (C=O) groups excluding carboxylic acids is 1. The summed E-state index contributed by atoms with van der Waals surface area (Å²) in [5, 5.41) is 27.4. The highest BCUT2D eigenvalue weighted by Crippen LogP contribution is 2.27. The summed E-state index contributed by atoms with van der Waals surface area (Å²) in [6.07, 6.45) is -0.339. The molecule has 38 heavy (non-hydrogen) atoms. The molecule has 0 saturated heterocycles. The molecule has 0 aliphatic carbocycles. The summed E-state index contributed by atoms with van der Waals surface area (Å²) >= 11 is 0. The Hall–Kier alpha value is -4.50. The molecule has 0 radical (unpaired) electrons. The minimum atomic E-state index is -1.38.